The summed E-state index contributed by atoms with van der Waals surface area (Å²) < 4.78 is 5.14. The van der Waals surface area contributed by atoms with Crippen LogP contribution in [0.1, 0.15) is 5.69 Å². The Hall–Kier alpha value is -2.49. The van der Waals surface area contributed by atoms with Gasteiger partial charge in [-0.25, -0.2) is 9.97 Å². The topological polar surface area (TPSA) is 47.9 Å². The van der Waals surface area contributed by atoms with Gasteiger partial charge in [-0.15, -0.1) is 0 Å². The lowest BCUT2D eigenvalue weighted by atomic mass is 10.0. The van der Waals surface area contributed by atoms with E-state index in [1.807, 2.05) is 37.3 Å². The normalized spacial score (nSPS) is 10.6. The molecule has 3 aromatic rings. The number of hydrogen-bond acceptors (Lipinski definition) is 4. The predicted octanol–water partition coefficient (Wildman–Crippen LogP) is 3.01. The van der Waals surface area contributed by atoms with Gasteiger partial charge in [-0.1, -0.05) is 18.2 Å². The molecule has 0 aliphatic carbocycles. The van der Waals surface area contributed by atoms with Crippen LogP contribution < -0.4 is 4.74 Å². The summed E-state index contributed by atoms with van der Waals surface area (Å²) in [4.78, 5) is 12.9. The van der Waals surface area contributed by atoms with E-state index < -0.39 is 0 Å². The van der Waals surface area contributed by atoms with Gasteiger partial charge in [-0.2, -0.15) is 0 Å². The van der Waals surface area contributed by atoms with Crippen molar-refractivity contribution >= 4 is 10.9 Å². The first-order valence-corrected chi connectivity index (χ1v) is 6.01. The minimum atomic E-state index is 0.557. The van der Waals surface area contributed by atoms with Crippen LogP contribution in [-0.4, -0.2) is 22.1 Å². The van der Waals surface area contributed by atoms with Crippen LogP contribution in [0.25, 0.3) is 22.2 Å². The Bertz CT molecular complexity index is 740. The zero-order chi connectivity index (χ0) is 13.2. The molecule has 4 nitrogen and oxygen atoms in total. The minimum absolute atomic E-state index is 0.557. The Morgan fingerprint density at radius 1 is 1.05 bits per heavy atom. The second-order valence-corrected chi connectivity index (χ2v) is 4.27. The fourth-order valence-corrected chi connectivity index (χ4v) is 2.08. The number of methoxy groups -OCH3 is 1. The van der Waals surface area contributed by atoms with Crippen LogP contribution in [-0.2, 0) is 0 Å². The van der Waals surface area contributed by atoms with Crippen molar-refractivity contribution in [3.63, 3.8) is 0 Å². The molecule has 0 aliphatic heterocycles. The van der Waals surface area contributed by atoms with Gasteiger partial charge in [0.05, 0.1) is 18.3 Å². The molecule has 0 atom stereocenters. The van der Waals surface area contributed by atoms with E-state index in [1.165, 1.54) is 6.33 Å². The minimum Gasteiger partial charge on any atom is -0.481 e. The van der Waals surface area contributed by atoms with Crippen LogP contribution in [0.2, 0.25) is 0 Å². The van der Waals surface area contributed by atoms with Gasteiger partial charge in [0, 0.05) is 22.7 Å². The first-order valence-electron chi connectivity index (χ1n) is 6.01. The Kier molecular flexibility index (Phi) is 2.83. The third-order valence-electron chi connectivity index (χ3n) is 3.00. The molecule has 2 aromatic heterocycles. The maximum Gasteiger partial charge on any atom is 0.216 e. The molecule has 0 aliphatic rings. The lowest BCUT2D eigenvalue weighted by molar-refractivity contribution is 0.397. The SMILES string of the molecule is COc1cc(-c2cccc3nc(C)ccc23)ncn1. The van der Waals surface area contributed by atoms with E-state index in [9.17, 15) is 0 Å². The summed E-state index contributed by atoms with van der Waals surface area (Å²) in [6, 6.07) is 11.9. The Morgan fingerprint density at radius 3 is 2.79 bits per heavy atom. The average Bonchev–Trinajstić information content (AvgIpc) is 2.46. The molecule has 3 rings (SSSR count). The molecule has 0 spiro atoms. The van der Waals surface area contributed by atoms with Gasteiger partial charge < -0.3 is 4.74 Å². The van der Waals surface area contributed by atoms with Crippen molar-refractivity contribution in [1.82, 2.24) is 15.0 Å². The van der Waals surface area contributed by atoms with E-state index in [4.69, 9.17) is 4.74 Å². The number of ether oxygens (including phenoxy) is 1. The molecule has 0 unspecified atom stereocenters. The Balaban J connectivity index is 2.24. The summed E-state index contributed by atoms with van der Waals surface area (Å²) in [5.41, 5.74) is 3.84. The number of aryl methyl sites for hydroxylation is 1. The van der Waals surface area contributed by atoms with Crippen molar-refractivity contribution < 1.29 is 4.74 Å². The van der Waals surface area contributed by atoms with Crippen molar-refractivity contribution in [3.05, 3.63) is 48.4 Å². The van der Waals surface area contributed by atoms with Gasteiger partial charge in [-0.3, -0.25) is 4.98 Å². The molecule has 0 N–H and O–H groups in total. The number of nitrogens with zero attached hydrogens (tertiary/aromatic N) is 3. The first-order chi connectivity index (χ1) is 9.28. The second-order valence-electron chi connectivity index (χ2n) is 4.27. The van der Waals surface area contributed by atoms with Gasteiger partial charge in [0.15, 0.2) is 0 Å². The molecule has 0 bridgehead atoms. The third-order valence-corrected chi connectivity index (χ3v) is 3.00. The zero-order valence-corrected chi connectivity index (χ0v) is 10.8. The van der Waals surface area contributed by atoms with E-state index in [0.717, 1.165) is 27.9 Å². The molecule has 4 heteroatoms. The fourth-order valence-electron chi connectivity index (χ4n) is 2.08. The number of pyridine rings is 1. The van der Waals surface area contributed by atoms with Crippen molar-refractivity contribution in [2.24, 2.45) is 0 Å². The number of fused-ring (bicyclic) bond motifs is 1. The van der Waals surface area contributed by atoms with E-state index in [-0.39, 0.29) is 0 Å². The highest BCUT2D eigenvalue weighted by atomic mass is 16.5. The molecule has 19 heavy (non-hydrogen) atoms. The molecule has 0 saturated heterocycles. The number of benzene rings is 1. The molecule has 94 valence electrons. The predicted molar refractivity (Wildman–Crippen MR) is 74.1 cm³/mol. The zero-order valence-electron chi connectivity index (χ0n) is 10.8. The molecule has 2 heterocycles. The highest BCUT2D eigenvalue weighted by Gasteiger charge is 2.07. The average molecular weight is 251 g/mol. The number of aromatic nitrogens is 3. The van der Waals surface area contributed by atoms with Crippen LogP contribution in [0.4, 0.5) is 0 Å². The summed E-state index contributed by atoms with van der Waals surface area (Å²) in [7, 11) is 1.60. The largest absolute Gasteiger partial charge is 0.481 e. The number of hydrogen-bond donors (Lipinski definition) is 0. The Morgan fingerprint density at radius 2 is 1.95 bits per heavy atom. The van der Waals surface area contributed by atoms with Crippen molar-refractivity contribution in [2.45, 2.75) is 6.92 Å². The highest BCUT2D eigenvalue weighted by Crippen LogP contribution is 2.27. The van der Waals surface area contributed by atoms with Crippen LogP contribution >= 0.6 is 0 Å². The lowest BCUT2D eigenvalue weighted by Crippen LogP contribution is -1.92. The standard InChI is InChI=1S/C15H13N3O/c1-10-6-7-12-11(4-3-5-13(12)18-10)14-8-15(19-2)17-9-16-14/h3-9H,1-2H3. The van der Waals surface area contributed by atoms with Crippen molar-refractivity contribution in [2.75, 3.05) is 7.11 Å². The van der Waals surface area contributed by atoms with E-state index in [0.29, 0.717) is 5.88 Å². The van der Waals surface area contributed by atoms with Crippen molar-refractivity contribution in [3.8, 4) is 17.1 Å². The monoisotopic (exact) mass is 251 g/mol. The fraction of sp³-hybridized carbons (Fsp3) is 0.133. The molecular weight excluding hydrogens is 238 g/mol. The maximum absolute atomic E-state index is 5.14. The summed E-state index contributed by atoms with van der Waals surface area (Å²) in [5, 5.41) is 1.08. The van der Waals surface area contributed by atoms with E-state index in [2.05, 4.69) is 21.0 Å². The molecule has 0 fully saturated rings. The molecule has 0 radical (unpaired) electrons. The van der Waals surface area contributed by atoms with Gasteiger partial charge in [0.25, 0.3) is 0 Å². The van der Waals surface area contributed by atoms with Crippen molar-refractivity contribution in [1.29, 1.82) is 0 Å². The highest BCUT2D eigenvalue weighted by molar-refractivity contribution is 5.93. The van der Waals surface area contributed by atoms with Gasteiger partial charge in [0.1, 0.15) is 6.33 Å². The van der Waals surface area contributed by atoms with Gasteiger partial charge in [0.2, 0.25) is 5.88 Å². The smallest absolute Gasteiger partial charge is 0.216 e. The van der Waals surface area contributed by atoms with Crippen LogP contribution in [0, 0.1) is 6.92 Å². The molecule has 1 aromatic carbocycles. The number of rotatable bonds is 2. The van der Waals surface area contributed by atoms with E-state index in [1.54, 1.807) is 7.11 Å². The third kappa shape index (κ3) is 2.12. The van der Waals surface area contributed by atoms with Gasteiger partial charge in [-0.05, 0) is 19.1 Å². The quantitative estimate of drug-likeness (QED) is 0.702. The molecular formula is C15H13N3O. The van der Waals surface area contributed by atoms with Crippen LogP contribution in [0.5, 0.6) is 5.88 Å². The van der Waals surface area contributed by atoms with Crippen LogP contribution in [0.3, 0.4) is 0 Å². The van der Waals surface area contributed by atoms with Gasteiger partial charge >= 0.3 is 0 Å². The summed E-state index contributed by atoms with van der Waals surface area (Å²) in [6.07, 6.45) is 1.51. The van der Waals surface area contributed by atoms with E-state index >= 15 is 0 Å². The summed E-state index contributed by atoms with van der Waals surface area (Å²) in [6.45, 7) is 1.99. The maximum atomic E-state index is 5.14. The molecule has 0 saturated carbocycles. The van der Waals surface area contributed by atoms with Crippen LogP contribution in [0.15, 0.2) is 42.7 Å². The first kappa shape index (κ1) is 11.6. The Labute approximate surface area is 111 Å². The summed E-state index contributed by atoms with van der Waals surface area (Å²) in [5.74, 6) is 0.557. The lowest BCUT2D eigenvalue weighted by Gasteiger charge is -2.07. The summed E-state index contributed by atoms with van der Waals surface area (Å²) >= 11 is 0. The second kappa shape index (κ2) is 4.65. The molecule has 0 amide bonds.